The Morgan fingerprint density at radius 2 is 1.73 bits per heavy atom. The standard InChI is InChI=1S/C23H29N5OS/c1-6-27(19-10-8-7-9-11-19)21(29)16(2)30-22-26-25-20(28(22)24)17-12-14-18(15-13-17)23(3,4)5/h7-16H,6,24H2,1-5H3/t16-/m1/s1. The number of para-hydroxylation sites is 1. The highest BCUT2D eigenvalue weighted by Crippen LogP contribution is 2.29. The van der Waals surface area contributed by atoms with Crippen molar-refractivity contribution in [1.29, 1.82) is 0 Å². The maximum atomic E-state index is 13.0. The third-order valence-electron chi connectivity index (χ3n) is 4.95. The zero-order valence-electron chi connectivity index (χ0n) is 18.2. The molecule has 0 spiro atoms. The summed E-state index contributed by atoms with van der Waals surface area (Å²) in [7, 11) is 0. The maximum Gasteiger partial charge on any atom is 0.240 e. The van der Waals surface area contributed by atoms with Gasteiger partial charge < -0.3 is 10.7 Å². The highest BCUT2D eigenvalue weighted by Gasteiger charge is 2.24. The Balaban J connectivity index is 1.76. The molecule has 3 aromatic rings. The SMILES string of the molecule is CCN(C(=O)[C@@H](C)Sc1nnc(-c2ccc(C(C)(C)C)cc2)n1N)c1ccccc1. The van der Waals surface area contributed by atoms with Crippen molar-refractivity contribution in [3.05, 3.63) is 60.2 Å². The van der Waals surface area contributed by atoms with E-state index in [1.165, 1.54) is 22.0 Å². The van der Waals surface area contributed by atoms with E-state index in [-0.39, 0.29) is 16.6 Å². The fourth-order valence-corrected chi connectivity index (χ4v) is 4.01. The van der Waals surface area contributed by atoms with Gasteiger partial charge in [-0.3, -0.25) is 4.79 Å². The van der Waals surface area contributed by atoms with Crippen LogP contribution in [0.5, 0.6) is 0 Å². The lowest BCUT2D eigenvalue weighted by Crippen LogP contribution is -2.36. The predicted molar refractivity (Wildman–Crippen MR) is 124 cm³/mol. The van der Waals surface area contributed by atoms with E-state index >= 15 is 0 Å². The first-order chi connectivity index (χ1) is 14.2. The third-order valence-corrected chi connectivity index (χ3v) is 6.00. The lowest BCUT2D eigenvalue weighted by Gasteiger charge is -2.24. The minimum absolute atomic E-state index is 0.00720. The number of carbonyl (C=O) groups is 1. The molecule has 158 valence electrons. The predicted octanol–water partition coefficient (Wildman–Crippen LogP) is 4.49. The van der Waals surface area contributed by atoms with Crippen LogP contribution in [0.25, 0.3) is 11.4 Å². The van der Waals surface area contributed by atoms with Crippen molar-refractivity contribution >= 4 is 23.4 Å². The van der Waals surface area contributed by atoms with Gasteiger partial charge in [0.05, 0.1) is 5.25 Å². The number of benzene rings is 2. The zero-order valence-corrected chi connectivity index (χ0v) is 19.0. The van der Waals surface area contributed by atoms with Gasteiger partial charge in [-0.05, 0) is 37.0 Å². The Kier molecular flexibility index (Phi) is 6.51. The van der Waals surface area contributed by atoms with Gasteiger partial charge in [0.2, 0.25) is 11.1 Å². The average molecular weight is 424 g/mol. The van der Waals surface area contributed by atoms with Crippen molar-refractivity contribution in [2.24, 2.45) is 0 Å². The van der Waals surface area contributed by atoms with E-state index in [0.29, 0.717) is 17.5 Å². The van der Waals surface area contributed by atoms with Crippen LogP contribution in [-0.2, 0) is 10.2 Å². The molecule has 1 aromatic heterocycles. The number of thioether (sulfide) groups is 1. The molecule has 3 rings (SSSR count). The van der Waals surface area contributed by atoms with E-state index in [4.69, 9.17) is 5.84 Å². The summed E-state index contributed by atoms with van der Waals surface area (Å²) in [6, 6.07) is 17.8. The van der Waals surface area contributed by atoms with Crippen molar-refractivity contribution in [1.82, 2.24) is 14.9 Å². The third kappa shape index (κ3) is 4.67. The van der Waals surface area contributed by atoms with Crippen LogP contribution in [-0.4, -0.2) is 32.6 Å². The first-order valence-corrected chi connectivity index (χ1v) is 10.9. The Labute approximate surface area is 182 Å². The van der Waals surface area contributed by atoms with Crippen molar-refractivity contribution in [2.45, 2.75) is 50.4 Å². The Hall–Kier alpha value is -2.80. The summed E-state index contributed by atoms with van der Waals surface area (Å²) >= 11 is 1.31. The van der Waals surface area contributed by atoms with Gasteiger partial charge in [-0.25, -0.2) is 4.68 Å². The number of hydrogen-bond acceptors (Lipinski definition) is 5. The molecule has 2 N–H and O–H groups in total. The van der Waals surface area contributed by atoms with Crippen LogP contribution in [0.2, 0.25) is 0 Å². The normalized spacial score (nSPS) is 12.6. The zero-order chi connectivity index (χ0) is 21.9. The summed E-state index contributed by atoms with van der Waals surface area (Å²) in [6.45, 7) is 11.0. The first kappa shape index (κ1) is 21.9. The highest BCUT2D eigenvalue weighted by atomic mass is 32.2. The molecule has 1 heterocycles. The summed E-state index contributed by atoms with van der Waals surface area (Å²) in [6.07, 6.45) is 0. The molecular weight excluding hydrogens is 394 g/mol. The number of anilines is 1. The summed E-state index contributed by atoms with van der Waals surface area (Å²) in [5.74, 6) is 6.86. The number of nitrogen functional groups attached to an aromatic ring is 1. The lowest BCUT2D eigenvalue weighted by molar-refractivity contribution is -0.117. The van der Waals surface area contributed by atoms with Crippen molar-refractivity contribution in [3.8, 4) is 11.4 Å². The van der Waals surface area contributed by atoms with Crippen molar-refractivity contribution in [3.63, 3.8) is 0 Å². The van der Waals surface area contributed by atoms with Gasteiger partial charge in [0, 0.05) is 17.8 Å². The smallest absolute Gasteiger partial charge is 0.240 e. The van der Waals surface area contributed by atoms with Crippen LogP contribution in [0.3, 0.4) is 0 Å². The average Bonchev–Trinajstić information content (AvgIpc) is 3.09. The Bertz CT molecular complexity index is 993. The van der Waals surface area contributed by atoms with Crippen LogP contribution < -0.4 is 10.7 Å². The molecule has 1 atom stereocenters. The van der Waals surface area contributed by atoms with Crippen LogP contribution in [0.1, 0.15) is 40.2 Å². The fraction of sp³-hybridized carbons (Fsp3) is 0.348. The molecule has 0 aliphatic rings. The molecule has 0 unspecified atom stereocenters. The number of nitrogens with two attached hydrogens (primary N) is 1. The molecular formula is C23H29N5OS. The number of rotatable bonds is 6. The largest absolute Gasteiger partial charge is 0.335 e. The molecule has 30 heavy (non-hydrogen) atoms. The van der Waals surface area contributed by atoms with E-state index < -0.39 is 0 Å². The molecule has 0 saturated carbocycles. The van der Waals surface area contributed by atoms with Crippen LogP contribution in [0.15, 0.2) is 59.8 Å². The van der Waals surface area contributed by atoms with Gasteiger partial charge in [0.15, 0.2) is 5.82 Å². The monoisotopic (exact) mass is 423 g/mol. The van der Waals surface area contributed by atoms with Gasteiger partial charge in [0.25, 0.3) is 0 Å². The second-order valence-electron chi connectivity index (χ2n) is 8.18. The molecule has 0 saturated heterocycles. The van der Waals surface area contributed by atoms with E-state index in [0.717, 1.165) is 11.3 Å². The van der Waals surface area contributed by atoms with Gasteiger partial charge >= 0.3 is 0 Å². The van der Waals surface area contributed by atoms with Crippen LogP contribution >= 0.6 is 11.8 Å². The number of aromatic nitrogens is 3. The molecule has 1 amide bonds. The number of carbonyl (C=O) groups excluding carboxylic acids is 1. The molecule has 0 bridgehead atoms. The quantitative estimate of drug-likeness (QED) is 0.467. The highest BCUT2D eigenvalue weighted by molar-refractivity contribution is 8.00. The molecule has 2 aromatic carbocycles. The maximum absolute atomic E-state index is 13.0. The molecule has 0 aliphatic heterocycles. The lowest BCUT2D eigenvalue weighted by atomic mass is 9.87. The second-order valence-corrected chi connectivity index (χ2v) is 9.49. The minimum atomic E-state index is -0.354. The van der Waals surface area contributed by atoms with Crippen LogP contribution in [0.4, 0.5) is 5.69 Å². The minimum Gasteiger partial charge on any atom is -0.335 e. The van der Waals surface area contributed by atoms with E-state index in [2.05, 4.69) is 43.1 Å². The Morgan fingerprint density at radius 3 is 2.30 bits per heavy atom. The van der Waals surface area contributed by atoms with Crippen molar-refractivity contribution in [2.75, 3.05) is 17.3 Å². The fourth-order valence-electron chi connectivity index (χ4n) is 3.18. The van der Waals surface area contributed by atoms with Gasteiger partial charge in [-0.2, -0.15) is 0 Å². The summed E-state index contributed by atoms with van der Waals surface area (Å²) < 4.78 is 1.46. The first-order valence-electron chi connectivity index (χ1n) is 10.1. The number of hydrogen-bond donors (Lipinski definition) is 1. The van der Waals surface area contributed by atoms with E-state index in [9.17, 15) is 4.79 Å². The van der Waals surface area contributed by atoms with Crippen molar-refractivity contribution < 1.29 is 4.79 Å². The van der Waals surface area contributed by atoms with Gasteiger partial charge in [-0.1, -0.05) is 75.0 Å². The van der Waals surface area contributed by atoms with E-state index in [1.807, 2.05) is 56.3 Å². The van der Waals surface area contributed by atoms with Crippen LogP contribution in [0, 0.1) is 0 Å². The van der Waals surface area contributed by atoms with Gasteiger partial charge in [0.1, 0.15) is 0 Å². The Morgan fingerprint density at radius 1 is 1.10 bits per heavy atom. The molecule has 0 fully saturated rings. The second kappa shape index (κ2) is 8.92. The van der Waals surface area contributed by atoms with Gasteiger partial charge in [-0.15, -0.1) is 10.2 Å². The summed E-state index contributed by atoms with van der Waals surface area (Å²) in [5.41, 5.74) is 3.09. The molecule has 0 radical (unpaired) electrons. The summed E-state index contributed by atoms with van der Waals surface area (Å²) in [5, 5.41) is 8.63. The van der Waals surface area contributed by atoms with E-state index in [1.54, 1.807) is 4.90 Å². The topological polar surface area (TPSA) is 77.0 Å². The molecule has 0 aliphatic carbocycles. The molecule has 7 heteroatoms. The number of amides is 1. The number of nitrogens with zero attached hydrogens (tertiary/aromatic N) is 4. The summed E-state index contributed by atoms with van der Waals surface area (Å²) in [4.78, 5) is 14.8. The molecule has 6 nitrogen and oxygen atoms in total.